The molecule has 2 aromatic carbocycles. The summed E-state index contributed by atoms with van der Waals surface area (Å²) < 4.78 is 4.30. The summed E-state index contributed by atoms with van der Waals surface area (Å²) in [4.78, 5) is 24.8. The maximum absolute atomic E-state index is 12.4. The van der Waals surface area contributed by atoms with Crippen LogP contribution in [0, 0.1) is 0 Å². The number of carbonyl (C=O) groups is 2. The fraction of sp³-hybridized carbons (Fsp3) is 0.294. The molecule has 0 radical (unpaired) electrons. The van der Waals surface area contributed by atoms with Gasteiger partial charge in [-0.25, -0.2) is 9.13 Å². The maximum Gasteiger partial charge on any atom is 0.256 e. The third-order valence-electron chi connectivity index (χ3n) is 6.95. The minimum absolute atomic E-state index is 0. The highest BCUT2D eigenvalue weighted by Crippen LogP contribution is 2.11. The van der Waals surface area contributed by atoms with Gasteiger partial charge >= 0.3 is 0 Å². The number of hydrogen-bond acceptors (Lipinski definition) is 2. The van der Waals surface area contributed by atoms with Gasteiger partial charge in [-0.15, -0.1) is 0 Å². The Kier molecular flexibility index (Phi) is 16.3. The lowest BCUT2D eigenvalue weighted by atomic mass is 10.1. The van der Waals surface area contributed by atoms with Crippen molar-refractivity contribution in [2.45, 2.75) is 64.5 Å². The molecule has 0 fully saturated rings. The van der Waals surface area contributed by atoms with Crippen molar-refractivity contribution in [2.75, 3.05) is 10.6 Å². The summed E-state index contributed by atoms with van der Waals surface area (Å²) in [6.07, 6.45) is 17.8. The van der Waals surface area contributed by atoms with E-state index in [1.165, 1.54) is 38.5 Å². The molecule has 6 nitrogen and oxygen atoms in total. The van der Waals surface area contributed by atoms with E-state index in [9.17, 15) is 9.59 Å². The highest BCUT2D eigenvalue weighted by Gasteiger charge is 2.10. The second kappa shape index (κ2) is 19.7. The maximum atomic E-state index is 12.4. The van der Waals surface area contributed by atoms with E-state index in [2.05, 4.69) is 19.8 Å². The summed E-state index contributed by atoms with van der Waals surface area (Å²) in [5.41, 5.74) is 2.95. The van der Waals surface area contributed by atoms with Crippen molar-refractivity contribution in [1.29, 1.82) is 0 Å². The highest BCUT2D eigenvalue weighted by atomic mass is 79.9. The van der Waals surface area contributed by atoms with Crippen molar-refractivity contribution in [3.8, 4) is 0 Å². The van der Waals surface area contributed by atoms with E-state index in [4.69, 9.17) is 0 Å². The third-order valence-corrected chi connectivity index (χ3v) is 6.95. The van der Waals surface area contributed by atoms with Crippen LogP contribution < -0.4 is 53.7 Å². The van der Waals surface area contributed by atoms with E-state index in [0.717, 1.165) is 37.3 Å². The number of nitrogens with zero attached hydrogens (tertiary/aromatic N) is 2. The zero-order chi connectivity index (χ0) is 27.8. The molecule has 42 heavy (non-hydrogen) atoms. The van der Waals surface area contributed by atoms with Gasteiger partial charge in [0.05, 0.1) is 11.1 Å². The van der Waals surface area contributed by atoms with E-state index >= 15 is 0 Å². The number of halogens is 2. The summed E-state index contributed by atoms with van der Waals surface area (Å²) in [5, 5.41) is 5.84. The highest BCUT2D eigenvalue weighted by molar-refractivity contribution is 6.04. The number of para-hydroxylation sites is 2. The average Bonchev–Trinajstić information content (AvgIpc) is 2.99. The molecule has 0 saturated carbocycles. The van der Waals surface area contributed by atoms with Crippen molar-refractivity contribution < 1.29 is 52.7 Å². The number of hydrogen-bond donors (Lipinski definition) is 2. The molecule has 0 spiro atoms. The Hall–Kier alpha value is -3.36. The first-order valence-electron chi connectivity index (χ1n) is 14.4. The number of rotatable bonds is 15. The van der Waals surface area contributed by atoms with Crippen LogP contribution in [0.5, 0.6) is 0 Å². The molecule has 2 heterocycles. The molecule has 2 N–H and O–H groups in total. The summed E-state index contributed by atoms with van der Waals surface area (Å²) in [6, 6.07) is 26.6. The molecule has 0 saturated heterocycles. The van der Waals surface area contributed by atoms with Crippen LogP contribution in [-0.2, 0) is 13.1 Å². The molecule has 0 aliphatic rings. The van der Waals surface area contributed by atoms with Gasteiger partial charge in [-0.3, -0.25) is 9.59 Å². The Morgan fingerprint density at radius 1 is 0.452 bits per heavy atom. The molecular weight excluding hydrogens is 656 g/mol. The Labute approximate surface area is 270 Å². The van der Waals surface area contributed by atoms with Gasteiger partial charge in [0, 0.05) is 48.5 Å². The van der Waals surface area contributed by atoms with Crippen LogP contribution >= 0.6 is 0 Å². The molecule has 4 rings (SSSR count). The SMILES string of the molecule is O=C(Nc1ccccc1)c1cc[n+](CCCCCCCCCC[n+]2ccc(C(=O)Nc3ccccc3)cc2)cc1.[Br-].[Br-]. The minimum Gasteiger partial charge on any atom is -1.00 e. The first-order valence-corrected chi connectivity index (χ1v) is 14.4. The standard InChI is InChI=1S/C34H38N4O2.2BrH/c39-33(35-31-15-9-7-10-16-31)29-19-25-37(26-20-29)23-13-5-3-1-2-4-6-14-24-38-27-21-30(22-28-38)34(40)36-32-17-11-8-12-18-32;;/h7-12,15-22,25-28H,1-6,13-14,23-24H2;2*1H. The van der Waals surface area contributed by atoms with Gasteiger partial charge in [-0.05, 0) is 37.1 Å². The van der Waals surface area contributed by atoms with Gasteiger partial charge in [0.15, 0.2) is 24.8 Å². The van der Waals surface area contributed by atoms with Crippen molar-refractivity contribution in [2.24, 2.45) is 0 Å². The lowest BCUT2D eigenvalue weighted by Gasteiger charge is -2.05. The second-order valence-electron chi connectivity index (χ2n) is 10.1. The topological polar surface area (TPSA) is 66.0 Å². The largest absolute Gasteiger partial charge is 1.00 e. The summed E-state index contributed by atoms with van der Waals surface area (Å²) in [7, 11) is 0. The number of benzene rings is 2. The second-order valence-corrected chi connectivity index (χ2v) is 10.1. The van der Waals surface area contributed by atoms with Crippen LogP contribution in [0.1, 0.15) is 72.1 Å². The van der Waals surface area contributed by atoms with Gasteiger partial charge in [0.25, 0.3) is 11.8 Å². The Balaban J connectivity index is 0.00000308. The van der Waals surface area contributed by atoms with E-state index in [1.807, 2.05) is 110 Å². The third kappa shape index (κ3) is 12.2. The lowest BCUT2D eigenvalue weighted by Crippen LogP contribution is -3.00. The van der Waals surface area contributed by atoms with Crippen LogP contribution in [0.25, 0.3) is 0 Å². The van der Waals surface area contributed by atoms with Gasteiger partial charge in [0.1, 0.15) is 13.1 Å². The fourth-order valence-electron chi connectivity index (χ4n) is 4.61. The number of nitrogens with one attached hydrogen (secondary N) is 2. The Morgan fingerprint density at radius 3 is 1.10 bits per heavy atom. The number of aryl methyl sites for hydroxylation is 2. The van der Waals surface area contributed by atoms with Gasteiger partial charge in [0.2, 0.25) is 0 Å². The number of unbranched alkanes of at least 4 members (excludes halogenated alkanes) is 7. The van der Waals surface area contributed by atoms with Crippen molar-refractivity contribution >= 4 is 23.2 Å². The first-order chi connectivity index (χ1) is 19.7. The van der Waals surface area contributed by atoms with Gasteiger partial charge in [-0.2, -0.15) is 0 Å². The summed E-state index contributed by atoms with van der Waals surface area (Å²) in [5.74, 6) is -0.170. The van der Waals surface area contributed by atoms with Crippen LogP contribution in [-0.4, -0.2) is 11.8 Å². The molecule has 0 atom stereocenters. The first kappa shape index (κ1) is 34.8. The normalized spacial score (nSPS) is 10.2. The number of amides is 2. The Bertz CT molecular complexity index is 1210. The van der Waals surface area contributed by atoms with Gasteiger partial charge < -0.3 is 44.6 Å². The molecule has 0 bridgehead atoms. The fourth-order valence-corrected chi connectivity index (χ4v) is 4.61. The number of anilines is 2. The molecule has 0 aliphatic heterocycles. The molecule has 8 heteroatoms. The zero-order valence-corrected chi connectivity index (χ0v) is 27.1. The molecular formula is C34H40Br2N4O2. The van der Waals surface area contributed by atoms with Crippen molar-refractivity contribution in [1.82, 2.24) is 0 Å². The molecule has 0 aliphatic carbocycles. The number of aromatic nitrogens is 2. The average molecular weight is 697 g/mol. The quantitative estimate of drug-likeness (QED) is 0.141. The predicted octanol–water partition coefficient (Wildman–Crippen LogP) is 0.595. The number of carbonyl (C=O) groups excluding carboxylic acids is 2. The lowest BCUT2D eigenvalue weighted by molar-refractivity contribution is -0.697. The Morgan fingerprint density at radius 2 is 0.762 bits per heavy atom. The van der Waals surface area contributed by atoms with Gasteiger partial charge in [-0.1, -0.05) is 62.1 Å². The number of pyridine rings is 2. The summed E-state index contributed by atoms with van der Waals surface area (Å²) >= 11 is 0. The van der Waals surface area contributed by atoms with Crippen molar-refractivity contribution in [3.63, 3.8) is 0 Å². The van der Waals surface area contributed by atoms with Crippen LogP contribution in [0.4, 0.5) is 11.4 Å². The van der Waals surface area contributed by atoms with Crippen LogP contribution in [0.15, 0.2) is 110 Å². The molecule has 4 aromatic rings. The smallest absolute Gasteiger partial charge is 0.256 e. The molecule has 0 unspecified atom stereocenters. The van der Waals surface area contributed by atoms with E-state index < -0.39 is 0 Å². The predicted molar refractivity (Wildman–Crippen MR) is 159 cm³/mol. The van der Waals surface area contributed by atoms with Crippen LogP contribution in [0.2, 0.25) is 0 Å². The summed E-state index contributed by atoms with van der Waals surface area (Å²) in [6.45, 7) is 1.95. The molecule has 2 aromatic heterocycles. The minimum atomic E-state index is -0.0848. The molecule has 2 amide bonds. The zero-order valence-electron chi connectivity index (χ0n) is 23.9. The van der Waals surface area contributed by atoms with Crippen LogP contribution in [0.3, 0.4) is 0 Å². The molecule has 222 valence electrons. The monoisotopic (exact) mass is 694 g/mol. The van der Waals surface area contributed by atoms with E-state index in [-0.39, 0.29) is 45.8 Å². The van der Waals surface area contributed by atoms with Crippen molar-refractivity contribution in [3.05, 3.63) is 121 Å². The van der Waals surface area contributed by atoms with E-state index in [1.54, 1.807) is 0 Å². The van der Waals surface area contributed by atoms with E-state index in [0.29, 0.717) is 11.1 Å².